The average Bonchev–Trinajstić information content (AvgIpc) is 2.41. The Bertz CT molecular complexity index is 594. The van der Waals surface area contributed by atoms with E-state index in [2.05, 4.69) is 0 Å². The summed E-state index contributed by atoms with van der Waals surface area (Å²) in [6.07, 6.45) is 0. The van der Waals surface area contributed by atoms with Gasteiger partial charge in [0, 0.05) is 6.07 Å². The minimum Gasteiger partial charge on any atom is -0.505 e. The summed E-state index contributed by atoms with van der Waals surface area (Å²) in [7, 11) is 0. The number of nitrogen functional groups attached to an aromatic ring is 1. The van der Waals surface area contributed by atoms with Gasteiger partial charge >= 0.3 is 0 Å². The number of nitrogens with two attached hydrogens (primary N) is 1. The van der Waals surface area contributed by atoms with Crippen LogP contribution in [0.4, 0.5) is 5.69 Å². The summed E-state index contributed by atoms with van der Waals surface area (Å²) in [4.78, 5) is 11.4. The largest absolute Gasteiger partial charge is 0.505 e. The number of hydrogen-bond acceptors (Lipinski definition) is 4. The van der Waals surface area contributed by atoms with Gasteiger partial charge in [0.25, 0.3) is 0 Å². The van der Waals surface area contributed by atoms with E-state index in [1.165, 1.54) is 19.1 Å². The van der Waals surface area contributed by atoms with Gasteiger partial charge in [0.15, 0.2) is 5.78 Å². The summed E-state index contributed by atoms with van der Waals surface area (Å²) >= 11 is 0. The molecular weight excluding hydrogens is 242 g/mol. The van der Waals surface area contributed by atoms with Crippen molar-refractivity contribution in [2.75, 3.05) is 5.73 Å². The first-order valence-corrected chi connectivity index (χ1v) is 5.88. The average molecular weight is 257 g/mol. The van der Waals surface area contributed by atoms with E-state index in [4.69, 9.17) is 10.5 Å². The highest BCUT2D eigenvalue weighted by atomic mass is 16.5. The SMILES string of the molecule is CC(=O)c1cc(OCc2ccccc2)cc(N)c1O. The molecule has 0 heterocycles. The first-order valence-electron chi connectivity index (χ1n) is 5.88. The maximum Gasteiger partial charge on any atom is 0.163 e. The molecule has 0 atom stereocenters. The molecule has 0 unspecified atom stereocenters. The monoisotopic (exact) mass is 257 g/mol. The van der Waals surface area contributed by atoms with Gasteiger partial charge in [0.2, 0.25) is 0 Å². The van der Waals surface area contributed by atoms with Gasteiger partial charge in [-0.1, -0.05) is 30.3 Å². The van der Waals surface area contributed by atoms with E-state index >= 15 is 0 Å². The van der Waals surface area contributed by atoms with Crippen LogP contribution in [-0.2, 0) is 6.61 Å². The number of phenolic OH excluding ortho intramolecular Hbond substituents is 1. The second-order valence-electron chi connectivity index (χ2n) is 4.24. The number of carbonyl (C=O) groups is 1. The van der Waals surface area contributed by atoms with E-state index in [-0.39, 0.29) is 22.8 Å². The molecule has 0 radical (unpaired) electrons. The van der Waals surface area contributed by atoms with Gasteiger partial charge in [-0.25, -0.2) is 0 Å². The first kappa shape index (κ1) is 13.0. The summed E-state index contributed by atoms with van der Waals surface area (Å²) in [5, 5.41) is 9.68. The number of phenols is 1. The third-order valence-electron chi connectivity index (χ3n) is 2.74. The van der Waals surface area contributed by atoms with Crippen molar-refractivity contribution in [1.29, 1.82) is 0 Å². The molecule has 0 aromatic heterocycles. The van der Waals surface area contributed by atoms with E-state index in [1.54, 1.807) is 0 Å². The van der Waals surface area contributed by atoms with Crippen molar-refractivity contribution in [3.8, 4) is 11.5 Å². The van der Waals surface area contributed by atoms with Crippen molar-refractivity contribution in [2.45, 2.75) is 13.5 Å². The van der Waals surface area contributed by atoms with Gasteiger partial charge in [-0.3, -0.25) is 4.79 Å². The molecule has 0 aliphatic carbocycles. The van der Waals surface area contributed by atoms with Crippen molar-refractivity contribution in [3.63, 3.8) is 0 Å². The highest BCUT2D eigenvalue weighted by Crippen LogP contribution is 2.31. The number of ketones is 1. The smallest absolute Gasteiger partial charge is 0.163 e. The normalized spacial score (nSPS) is 10.2. The zero-order chi connectivity index (χ0) is 13.8. The minimum absolute atomic E-state index is 0.135. The third kappa shape index (κ3) is 3.04. The second-order valence-corrected chi connectivity index (χ2v) is 4.24. The van der Waals surface area contributed by atoms with Crippen molar-refractivity contribution in [3.05, 3.63) is 53.6 Å². The Morgan fingerprint density at radius 1 is 1.26 bits per heavy atom. The van der Waals surface area contributed by atoms with Crippen LogP contribution in [-0.4, -0.2) is 10.9 Å². The van der Waals surface area contributed by atoms with Gasteiger partial charge in [0.1, 0.15) is 18.1 Å². The van der Waals surface area contributed by atoms with Crippen molar-refractivity contribution < 1.29 is 14.6 Å². The molecule has 0 saturated carbocycles. The summed E-state index contributed by atoms with van der Waals surface area (Å²) in [6.45, 7) is 1.75. The quantitative estimate of drug-likeness (QED) is 0.502. The Labute approximate surface area is 111 Å². The molecule has 0 spiro atoms. The molecule has 0 amide bonds. The van der Waals surface area contributed by atoms with Gasteiger partial charge in [-0.2, -0.15) is 0 Å². The zero-order valence-electron chi connectivity index (χ0n) is 10.6. The number of rotatable bonds is 4. The number of carbonyl (C=O) groups excluding carboxylic acids is 1. The third-order valence-corrected chi connectivity index (χ3v) is 2.74. The van der Waals surface area contributed by atoms with Crippen molar-refractivity contribution >= 4 is 11.5 Å². The number of benzene rings is 2. The van der Waals surface area contributed by atoms with Crippen LogP contribution in [0.15, 0.2) is 42.5 Å². The standard InChI is InChI=1S/C15H15NO3/c1-10(17)13-7-12(8-14(16)15(13)18)19-9-11-5-3-2-4-6-11/h2-8,18H,9,16H2,1H3. The summed E-state index contributed by atoms with van der Waals surface area (Å²) in [5.74, 6) is 0.0123. The van der Waals surface area contributed by atoms with Gasteiger partial charge in [-0.15, -0.1) is 0 Å². The Hall–Kier alpha value is -2.49. The summed E-state index contributed by atoms with van der Waals surface area (Å²) in [6, 6.07) is 12.7. The molecule has 0 aliphatic heterocycles. The molecule has 3 N–H and O–H groups in total. The number of hydrogen-bond donors (Lipinski definition) is 2. The first-order chi connectivity index (χ1) is 9.08. The van der Waals surface area contributed by atoms with Crippen LogP contribution in [0.25, 0.3) is 0 Å². The van der Waals surface area contributed by atoms with Crippen LogP contribution < -0.4 is 10.5 Å². The fourth-order valence-electron chi connectivity index (χ4n) is 1.72. The fraction of sp³-hybridized carbons (Fsp3) is 0.133. The Morgan fingerprint density at radius 2 is 1.95 bits per heavy atom. The molecule has 4 nitrogen and oxygen atoms in total. The van der Waals surface area contributed by atoms with E-state index in [1.807, 2.05) is 30.3 Å². The molecule has 0 saturated heterocycles. The Morgan fingerprint density at radius 3 is 2.58 bits per heavy atom. The summed E-state index contributed by atoms with van der Waals surface area (Å²) in [5.41, 5.74) is 6.96. The van der Waals surface area contributed by atoms with E-state index in [9.17, 15) is 9.90 Å². The van der Waals surface area contributed by atoms with Crippen LogP contribution in [0.2, 0.25) is 0 Å². The molecule has 2 aromatic rings. The van der Waals surface area contributed by atoms with E-state index in [0.717, 1.165) is 5.56 Å². The lowest BCUT2D eigenvalue weighted by molar-refractivity contribution is 0.101. The van der Waals surface area contributed by atoms with E-state index in [0.29, 0.717) is 12.4 Å². The molecule has 98 valence electrons. The van der Waals surface area contributed by atoms with E-state index < -0.39 is 0 Å². The Kier molecular flexibility index (Phi) is 3.71. The summed E-state index contributed by atoms with van der Waals surface area (Å²) < 4.78 is 5.58. The number of anilines is 1. The van der Waals surface area contributed by atoms with Gasteiger partial charge < -0.3 is 15.6 Å². The predicted molar refractivity (Wildman–Crippen MR) is 73.3 cm³/mol. The molecular formula is C15H15NO3. The van der Waals surface area contributed by atoms with Crippen LogP contribution in [0.3, 0.4) is 0 Å². The van der Waals surface area contributed by atoms with Crippen LogP contribution in [0.1, 0.15) is 22.8 Å². The molecule has 2 rings (SSSR count). The molecule has 2 aromatic carbocycles. The lowest BCUT2D eigenvalue weighted by Crippen LogP contribution is -2.00. The maximum atomic E-state index is 11.4. The zero-order valence-corrected chi connectivity index (χ0v) is 10.6. The predicted octanol–water partition coefficient (Wildman–Crippen LogP) is 2.76. The van der Waals surface area contributed by atoms with Gasteiger partial charge in [-0.05, 0) is 18.6 Å². The van der Waals surface area contributed by atoms with Crippen molar-refractivity contribution in [2.24, 2.45) is 0 Å². The fourth-order valence-corrected chi connectivity index (χ4v) is 1.72. The van der Waals surface area contributed by atoms with Crippen molar-refractivity contribution in [1.82, 2.24) is 0 Å². The molecule has 0 aliphatic rings. The van der Waals surface area contributed by atoms with Gasteiger partial charge in [0.05, 0.1) is 11.3 Å². The van der Waals surface area contributed by atoms with Crippen LogP contribution in [0.5, 0.6) is 11.5 Å². The topological polar surface area (TPSA) is 72.5 Å². The lowest BCUT2D eigenvalue weighted by Gasteiger charge is -2.10. The highest BCUT2D eigenvalue weighted by molar-refractivity contribution is 5.98. The minimum atomic E-state index is -0.255. The maximum absolute atomic E-state index is 11.4. The second kappa shape index (κ2) is 5.44. The Balaban J connectivity index is 2.19. The molecule has 0 fully saturated rings. The molecule has 19 heavy (non-hydrogen) atoms. The number of ether oxygens (including phenoxy) is 1. The highest BCUT2D eigenvalue weighted by Gasteiger charge is 2.12. The number of aromatic hydroxyl groups is 1. The molecule has 0 bridgehead atoms. The lowest BCUT2D eigenvalue weighted by atomic mass is 10.1. The van der Waals surface area contributed by atoms with Crippen LogP contribution in [0, 0.1) is 0 Å². The number of Topliss-reactive ketones (excluding diaryl/α,β-unsaturated/α-hetero) is 1. The van der Waals surface area contributed by atoms with Crippen LogP contribution >= 0.6 is 0 Å². The molecule has 4 heteroatoms.